The summed E-state index contributed by atoms with van der Waals surface area (Å²) in [6.45, 7) is 9.18. The van der Waals surface area contributed by atoms with Crippen molar-refractivity contribution in [2.24, 2.45) is 5.41 Å². The van der Waals surface area contributed by atoms with Gasteiger partial charge in [-0.2, -0.15) is 0 Å². The second kappa shape index (κ2) is 9.02. The van der Waals surface area contributed by atoms with Gasteiger partial charge in [0.1, 0.15) is 0 Å². The number of para-hydroxylation sites is 1. The molecule has 1 rings (SSSR count). The molecule has 0 fully saturated rings. The van der Waals surface area contributed by atoms with Gasteiger partial charge in [0.25, 0.3) is 0 Å². The molecular formula is C18H32N2. The van der Waals surface area contributed by atoms with Crippen molar-refractivity contribution in [1.82, 2.24) is 5.32 Å². The molecule has 0 heterocycles. The van der Waals surface area contributed by atoms with Crippen LogP contribution in [0.15, 0.2) is 24.3 Å². The lowest BCUT2D eigenvalue weighted by molar-refractivity contribution is 0.302. The Bertz CT molecular complexity index is 371. The van der Waals surface area contributed by atoms with E-state index in [1.807, 2.05) is 12.1 Å². The van der Waals surface area contributed by atoms with Gasteiger partial charge in [-0.05, 0) is 42.9 Å². The van der Waals surface area contributed by atoms with Gasteiger partial charge < -0.3 is 11.1 Å². The Kier molecular flexibility index (Phi) is 7.68. The smallest absolute Gasteiger partial charge is 0.0346 e. The van der Waals surface area contributed by atoms with Gasteiger partial charge in [-0.15, -0.1) is 0 Å². The van der Waals surface area contributed by atoms with Crippen molar-refractivity contribution in [3.05, 3.63) is 29.8 Å². The van der Waals surface area contributed by atoms with Crippen molar-refractivity contribution in [1.29, 1.82) is 0 Å². The first-order valence-electron chi connectivity index (χ1n) is 8.09. The number of nitrogen functional groups attached to an aromatic ring is 1. The summed E-state index contributed by atoms with van der Waals surface area (Å²) in [5.41, 5.74) is 8.57. The van der Waals surface area contributed by atoms with Crippen molar-refractivity contribution in [2.45, 2.75) is 59.3 Å². The molecule has 0 bridgehead atoms. The molecular weight excluding hydrogens is 244 g/mol. The summed E-state index contributed by atoms with van der Waals surface area (Å²) in [7, 11) is 0. The van der Waals surface area contributed by atoms with E-state index in [0.717, 1.165) is 31.6 Å². The minimum absolute atomic E-state index is 0.418. The molecule has 0 radical (unpaired) electrons. The van der Waals surface area contributed by atoms with E-state index < -0.39 is 0 Å². The second-order valence-corrected chi connectivity index (χ2v) is 6.60. The average Bonchev–Trinajstić information content (AvgIpc) is 2.40. The fraction of sp³-hybridized carbons (Fsp3) is 0.667. The number of unbranched alkanes of at least 4 members (excludes halogenated alkanes) is 2. The summed E-state index contributed by atoms with van der Waals surface area (Å²) in [6, 6.07) is 8.18. The number of hydrogen-bond acceptors (Lipinski definition) is 2. The average molecular weight is 276 g/mol. The molecule has 2 nitrogen and oxygen atoms in total. The molecule has 1 aromatic carbocycles. The van der Waals surface area contributed by atoms with E-state index in [9.17, 15) is 0 Å². The number of rotatable bonds is 10. The zero-order valence-electron chi connectivity index (χ0n) is 13.5. The Balaban J connectivity index is 2.14. The minimum Gasteiger partial charge on any atom is -0.399 e. The van der Waals surface area contributed by atoms with E-state index in [-0.39, 0.29) is 0 Å². The van der Waals surface area contributed by atoms with E-state index in [2.05, 4.69) is 38.2 Å². The van der Waals surface area contributed by atoms with Crippen LogP contribution in [0.1, 0.15) is 58.4 Å². The molecule has 0 aromatic heterocycles. The van der Waals surface area contributed by atoms with Gasteiger partial charge >= 0.3 is 0 Å². The Hall–Kier alpha value is -1.02. The normalized spacial score (nSPS) is 11.8. The highest BCUT2D eigenvalue weighted by molar-refractivity contribution is 5.46. The van der Waals surface area contributed by atoms with Gasteiger partial charge in [-0.1, -0.05) is 58.2 Å². The summed E-state index contributed by atoms with van der Waals surface area (Å²) < 4.78 is 0. The summed E-state index contributed by atoms with van der Waals surface area (Å²) in [4.78, 5) is 0. The zero-order chi connectivity index (χ0) is 14.8. The quantitative estimate of drug-likeness (QED) is 0.491. The number of nitrogens with two attached hydrogens (primary N) is 1. The van der Waals surface area contributed by atoms with Crippen molar-refractivity contribution in [3.63, 3.8) is 0 Å². The fourth-order valence-corrected chi connectivity index (χ4v) is 2.53. The van der Waals surface area contributed by atoms with Crippen LogP contribution in [0.2, 0.25) is 0 Å². The van der Waals surface area contributed by atoms with E-state index in [1.54, 1.807) is 0 Å². The van der Waals surface area contributed by atoms with Crippen molar-refractivity contribution >= 4 is 5.69 Å². The van der Waals surface area contributed by atoms with Crippen LogP contribution in [0.3, 0.4) is 0 Å². The van der Waals surface area contributed by atoms with Gasteiger partial charge in [0.15, 0.2) is 0 Å². The summed E-state index contributed by atoms with van der Waals surface area (Å²) in [5.74, 6) is 0. The molecule has 0 saturated carbocycles. The van der Waals surface area contributed by atoms with Crippen LogP contribution in [-0.2, 0) is 6.42 Å². The van der Waals surface area contributed by atoms with Crippen molar-refractivity contribution in [2.75, 3.05) is 18.8 Å². The van der Waals surface area contributed by atoms with Crippen LogP contribution in [0.4, 0.5) is 5.69 Å². The molecule has 0 aliphatic rings. The Labute approximate surface area is 125 Å². The molecule has 0 saturated heterocycles. The first-order chi connectivity index (χ1) is 9.55. The van der Waals surface area contributed by atoms with E-state index in [0.29, 0.717) is 5.41 Å². The maximum Gasteiger partial charge on any atom is 0.0346 e. The van der Waals surface area contributed by atoms with Gasteiger partial charge in [0.2, 0.25) is 0 Å². The molecule has 1 aromatic rings. The first kappa shape index (κ1) is 17.0. The fourth-order valence-electron chi connectivity index (χ4n) is 2.53. The molecule has 3 N–H and O–H groups in total. The molecule has 20 heavy (non-hydrogen) atoms. The van der Waals surface area contributed by atoms with Crippen molar-refractivity contribution < 1.29 is 0 Å². The molecule has 0 aliphatic heterocycles. The predicted octanol–water partition coefficient (Wildman–Crippen LogP) is 4.40. The predicted molar refractivity (Wildman–Crippen MR) is 90.0 cm³/mol. The summed E-state index contributed by atoms with van der Waals surface area (Å²) >= 11 is 0. The highest BCUT2D eigenvalue weighted by atomic mass is 14.9. The highest BCUT2D eigenvalue weighted by Gasteiger charge is 2.16. The third kappa shape index (κ3) is 6.95. The number of benzene rings is 1. The lowest BCUT2D eigenvalue weighted by Gasteiger charge is -2.25. The third-order valence-corrected chi connectivity index (χ3v) is 3.92. The van der Waals surface area contributed by atoms with Crippen LogP contribution in [0, 0.1) is 5.41 Å². The largest absolute Gasteiger partial charge is 0.399 e. The zero-order valence-corrected chi connectivity index (χ0v) is 13.5. The maximum absolute atomic E-state index is 5.95. The number of aryl methyl sites for hydroxylation is 1. The topological polar surface area (TPSA) is 38.0 Å². The molecule has 0 aliphatic carbocycles. The van der Waals surface area contributed by atoms with Crippen LogP contribution in [-0.4, -0.2) is 13.1 Å². The van der Waals surface area contributed by atoms with Gasteiger partial charge in [-0.3, -0.25) is 0 Å². The maximum atomic E-state index is 5.95. The van der Waals surface area contributed by atoms with Crippen LogP contribution < -0.4 is 11.1 Å². The standard InChI is InChI=1S/C18H32N2/c1-4-5-8-13-18(2,3)15-20-14-9-11-16-10-6-7-12-17(16)19/h6-7,10,12,20H,4-5,8-9,11,13-15,19H2,1-3H3. The number of nitrogens with one attached hydrogen (secondary N) is 1. The first-order valence-corrected chi connectivity index (χ1v) is 8.09. The van der Waals surface area contributed by atoms with E-state index in [4.69, 9.17) is 5.73 Å². The molecule has 2 heteroatoms. The summed E-state index contributed by atoms with van der Waals surface area (Å²) in [6.07, 6.45) is 7.55. The third-order valence-electron chi connectivity index (χ3n) is 3.92. The van der Waals surface area contributed by atoms with Gasteiger partial charge in [0, 0.05) is 12.2 Å². The van der Waals surface area contributed by atoms with Crippen LogP contribution in [0.25, 0.3) is 0 Å². The van der Waals surface area contributed by atoms with E-state index in [1.165, 1.54) is 31.2 Å². The van der Waals surface area contributed by atoms with Gasteiger partial charge in [0.05, 0.1) is 0 Å². The van der Waals surface area contributed by atoms with Crippen molar-refractivity contribution in [3.8, 4) is 0 Å². The monoisotopic (exact) mass is 276 g/mol. The highest BCUT2D eigenvalue weighted by Crippen LogP contribution is 2.22. The Morgan fingerprint density at radius 3 is 2.55 bits per heavy atom. The number of hydrogen-bond donors (Lipinski definition) is 2. The lowest BCUT2D eigenvalue weighted by Crippen LogP contribution is -2.30. The minimum atomic E-state index is 0.418. The number of anilines is 1. The second-order valence-electron chi connectivity index (χ2n) is 6.60. The molecule has 0 unspecified atom stereocenters. The molecule has 0 amide bonds. The van der Waals surface area contributed by atoms with E-state index >= 15 is 0 Å². The van der Waals surface area contributed by atoms with Crippen LogP contribution >= 0.6 is 0 Å². The Morgan fingerprint density at radius 1 is 1.10 bits per heavy atom. The molecule has 0 atom stereocenters. The Morgan fingerprint density at radius 2 is 1.85 bits per heavy atom. The van der Waals surface area contributed by atoms with Gasteiger partial charge in [-0.25, -0.2) is 0 Å². The molecule has 0 spiro atoms. The van der Waals surface area contributed by atoms with Crippen LogP contribution in [0.5, 0.6) is 0 Å². The SMILES string of the molecule is CCCCCC(C)(C)CNCCCc1ccccc1N. The lowest BCUT2D eigenvalue weighted by atomic mass is 9.87. The molecule has 114 valence electrons. The summed E-state index contributed by atoms with van der Waals surface area (Å²) in [5, 5.41) is 3.60.